The molecule has 0 aliphatic rings. The third-order valence-corrected chi connectivity index (χ3v) is 6.98. The number of hydrogen-bond acceptors (Lipinski definition) is 1. The van der Waals surface area contributed by atoms with Crippen molar-refractivity contribution in [2.45, 2.75) is 32.2 Å². The Morgan fingerprint density at radius 2 is 1.58 bits per heavy atom. The van der Waals surface area contributed by atoms with Gasteiger partial charge in [-0.25, -0.2) is 12.1 Å². The predicted octanol–water partition coefficient (Wildman–Crippen LogP) is -0.0218. The first-order chi connectivity index (χ1) is 11.4. The van der Waals surface area contributed by atoms with Crippen LogP contribution in [0.5, 0.6) is 0 Å². The largest absolute Gasteiger partial charge is 1.00 e. The van der Waals surface area contributed by atoms with Crippen LogP contribution in [0, 0.1) is 0 Å². The molecule has 0 saturated heterocycles. The van der Waals surface area contributed by atoms with E-state index in [1.54, 1.807) is 23.3 Å². The van der Waals surface area contributed by atoms with Crippen molar-refractivity contribution in [1.82, 2.24) is 0 Å². The summed E-state index contributed by atoms with van der Waals surface area (Å²) >= 11 is 1.73. The van der Waals surface area contributed by atoms with E-state index in [2.05, 4.69) is 68.7 Å². The van der Waals surface area contributed by atoms with Gasteiger partial charge in [0.05, 0.1) is 0 Å². The Labute approximate surface area is 187 Å². The Hall–Kier alpha value is 0.0369. The van der Waals surface area contributed by atoms with Gasteiger partial charge in [-0.2, -0.15) is 35.7 Å². The summed E-state index contributed by atoms with van der Waals surface area (Å²) in [6, 6.07) is 26.0. The fourth-order valence-corrected chi connectivity index (χ4v) is 3.98. The number of halogens is 2. The molecule has 0 aromatic heterocycles. The van der Waals surface area contributed by atoms with Gasteiger partial charge in [0.15, 0.2) is 0 Å². The topological polar surface area (TPSA) is 9.23 Å². The quantitative estimate of drug-likeness (QED) is 0.360. The van der Waals surface area contributed by atoms with E-state index in [1.165, 1.54) is 16.8 Å². The van der Waals surface area contributed by atoms with Crippen LogP contribution in [0.1, 0.15) is 0 Å². The van der Waals surface area contributed by atoms with Crippen LogP contribution in [0.25, 0.3) is 10.8 Å². The van der Waals surface area contributed by atoms with Crippen LogP contribution in [0.15, 0.2) is 72.8 Å². The maximum atomic E-state index is 5.72. The first-order valence-electron chi connectivity index (χ1n) is 8.33. The minimum absolute atomic E-state index is 0. The normalized spacial score (nSPS) is 9.62. The third-order valence-electron chi connectivity index (χ3n) is 3.12. The Kier molecular flexibility index (Phi) is 17.4. The Bertz CT molecular complexity index is 644. The van der Waals surface area contributed by atoms with Gasteiger partial charge in [0.2, 0.25) is 0 Å². The van der Waals surface area contributed by atoms with E-state index in [0.29, 0.717) is 0 Å². The molecule has 3 aromatic carbocycles. The van der Waals surface area contributed by atoms with Gasteiger partial charge in [-0.05, 0) is 0 Å². The van der Waals surface area contributed by atoms with Gasteiger partial charge in [-0.15, -0.1) is 29.7 Å². The second kappa shape index (κ2) is 16.0. The van der Waals surface area contributed by atoms with Crippen molar-refractivity contribution in [3.63, 3.8) is 0 Å². The molecule has 0 radical (unpaired) electrons. The van der Waals surface area contributed by atoms with Crippen molar-refractivity contribution in [3.05, 3.63) is 72.8 Å². The Morgan fingerprint density at radius 3 is 2.04 bits per heavy atom. The fourth-order valence-electron chi connectivity index (χ4n) is 1.90. The van der Waals surface area contributed by atoms with Crippen molar-refractivity contribution >= 4 is 24.5 Å². The first-order valence-corrected chi connectivity index (χ1v) is 17.6. The Balaban J connectivity index is 0. The maximum Gasteiger partial charge on any atom is -0.0809 e. The molecule has 142 valence electrons. The third kappa shape index (κ3) is 15.1. The minimum Gasteiger partial charge on any atom is -1.00 e. The molecule has 0 amide bonds. The predicted molar refractivity (Wildman–Crippen MR) is 107 cm³/mol. The van der Waals surface area contributed by atoms with Gasteiger partial charge in [0.25, 0.3) is 0 Å². The van der Waals surface area contributed by atoms with Crippen molar-refractivity contribution in [1.29, 1.82) is 0 Å². The summed E-state index contributed by atoms with van der Waals surface area (Å²) in [5.41, 5.74) is 0.0305. The zero-order valence-corrected chi connectivity index (χ0v) is 22.0. The molecule has 0 spiro atoms. The number of benzene rings is 1. The summed E-state index contributed by atoms with van der Waals surface area (Å²) in [6.07, 6.45) is 0. The van der Waals surface area contributed by atoms with Crippen molar-refractivity contribution in [2.75, 3.05) is 6.61 Å². The van der Waals surface area contributed by atoms with Crippen LogP contribution in [0.3, 0.4) is 0 Å². The Morgan fingerprint density at radius 1 is 0.962 bits per heavy atom. The van der Waals surface area contributed by atoms with Gasteiger partial charge >= 0.3 is 80.4 Å². The zero-order valence-electron chi connectivity index (χ0n) is 16.0. The standard InChI is InChI=1S/C9H7.C6H16OSi2.C5H5.2ClH.Zr/c1-2-5-9-7-3-6-8(9)4-1;1-8-6-5-7-9(2,3)4;1-2-4-5-3-1;;;/h1-7H;5-6H2,1-4H3;1-5H;2*1H;/q-1;;-1;;;+2/p-2. The molecule has 0 bridgehead atoms. The summed E-state index contributed by atoms with van der Waals surface area (Å²) in [7, 11) is -1.20. The molecular weight excluding hydrogens is 475 g/mol. The molecule has 0 fully saturated rings. The molecule has 3 aromatic rings. The van der Waals surface area contributed by atoms with Crippen molar-refractivity contribution in [2.24, 2.45) is 0 Å². The number of rotatable bonds is 4. The zero-order chi connectivity index (χ0) is 17.8. The van der Waals surface area contributed by atoms with E-state index < -0.39 is 8.32 Å². The van der Waals surface area contributed by atoms with Crippen LogP contribution >= 0.6 is 0 Å². The molecule has 0 aliphatic heterocycles. The molecule has 0 unspecified atom stereocenters. The van der Waals surface area contributed by atoms with E-state index in [-0.39, 0.29) is 30.2 Å². The summed E-state index contributed by atoms with van der Waals surface area (Å²) in [6.45, 7) is 10.1. The molecule has 0 saturated carbocycles. The molecular formula is C20H28Cl2OSi2Zr-2. The summed E-state index contributed by atoms with van der Waals surface area (Å²) < 4.78 is 5.72. The average Bonchev–Trinajstić information content (AvgIpc) is 3.21. The molecule has 1 nitrogen and oxygen atoms in total. The van der Waals surface area contributed by atoms with Gasteiger partial charge in [-0.1, -0.05) is 6.07 Å². The summed E-state index contributed by atoms with van der Waals surface area (Å²) in [5, 5.41) is 2.66. The summed E-state index contributed by atoms with van der Waals surface area (Å²) in [4.78, 5) is 0. The fraction of sp³-hybridized carbons (Fsp3) is 0.300. The van der Waals surface area contributed by atoms with E-state index >= 15 is 0 Å². The van der Waals surface area contributed by atoms with Gasteiger partial charge in [0.1, 0.15) is 0 Å². The summed E-state index contributed by atoms with van der Waals surface area (Å²) in [5.74, 6) is 0. The number of hydrogen-bond donors (Lipinski definition) is 0. The molecule has 0 N–H and O–H groups in total. The average molecular weight is 503 g/mol. The SMILES string of the molecule is C[Si](=[Zr+2])CCO[Si](C)(C)C.[Cl-].[Cl-].c1cc[cH-]c1.c1ccc2[cH-]ccc2c1. The molecule has 3 rings (SSSR count). The van der Waals surface area contributed by atoms with Crippen LogP contribution in [-0.2, 0) is 27.8 Å². The second-order valence-corrected chi connectivity index (χ2v) is 19.5. The maximum absolute atomic E-state index is 5.72. The monoisotopic (exact) mass is 500 g/mol. The van der Waals surface area contributed by atoms with Crippen LogP contribution in [0.2, 0.25) is 32.2 Å². The smallest absolute Gasteiger partial charge is 0.0809 e. The van der Waals surface area contributed by atoms with E-state index in [9.17, 15) is 0 Å². The van der Waals surface area contributed by atoms with Gasteiger partial charge < -0.3 is 24.8 Å². The van der Waals surface area contributed by atoms with Crippen molar-refractivity contribution in [3.8, 4) is 0 Å². The molecule has 6 heteroatoms. The molecule has 26 heavy (non-hydrogen) atoms. The van der Waals surface area contributed by atoms with Gasteiger partial charge in [-0.3, -0.25) is 0 Å². The van der Waals surface area contributed by atoms with Gasteiger partial charge in [0, 0.05) is 0 Å². The van der Waals surface area contributed by atoms with Crippen molar-refractivity contribution < 1.29 is 52.6 Å². The number of fused-ring (bicyclic) bond motifs is 1. The molecule has 0 heterocycles. The first kappa shape index (κ1) is 28.2. The van der Waals surface area contributed by atoms with E-state index in [1.807, 2.05) is 30.3 Å². The van der Waals surface area contributed by atoms with Crippen LogP contribution in [-0.4, -0.2) is 20.4 Å². The molecule has 0 aliphatic carbocycles. The van der Waals surface area contributed by atoms with Crippen LogP contribution in [0.4, 0.5) is 0 Å². The minimum atomic E-state index is -1.20. The second-order valence-electron chi connectivity index (χ2n) is 6.61. The van der Waals surface area contributed by atoms with E-state index in [4.69, 9.17) is 4.43 Å². The van der Waals surface area contributed by atoms with Crippen LogP contribution < -0.4 is 24.8 Å². The molecule has 0 atom stereocenters. The van der Waals surface area contributed by atoms with E-state index in [0.717, 1.165) is 6.61 Å².